The van der Waals surface area contributed by atoms with Gasteiger partial charge in [0, 0.05) is 11.8 Å². The maximum atomic E-state index is 12.1. The zero-order valence-electron chi connectivity index (χ0n) is 12.7. The maximum Gasteiger partial charge on any atom is 0.232 e. The second kappa shape index (κ2) is 7.53. The van der Waals surface area contributed by atoms with Crippen LogP contribution in [0.1, 0.15) is 18.6 Å². The van der Waals surface area contributed by atoms with Crippen molar-refractivity contribution < 1.29 is 13.9 Å². The summed E-state index contributed by atoms with van der Waals surface area (Å²) in [5.41, 5.74) is 0.698. The average Bonchev–Trinajstić information content (AvgIpc) is 2.93. The number of carbonyl (C=O) groups is 1. The topological polar surface area (TPSA) is 63.5 Å². The number of halogens is 1. The van der Waals surface area contributed by atoms with Crippen molar-refractivity contribution in [1.82, 2.24) is 5.32 Å². The van der Waals surface area contributed by atoms with Gasteiger partial charge in [-0.25, -0.2) is 0 Å². The summed E-state index contributed by atoms with van der Waals surface area (Å²) >= 11 is 5.92. The van der Waals surface area contributed by atoms with Crippen molar-refractivity contribution in [1.29, 1.82) is 0 Å². The molecule has 0 atom stereocenters. The van der Waals surface area contributed by atoms with Crippen molar-refractivity contribution in [2.24, 2.45) is 0 Å². The van der Waals surface area contributed by atoms with Crippen LogP contribution < -0.4 is 15.4 Å². The number of hydrogen-bond acceptors (Lipinski definition) is 4. The van der Waals surface area contributed by atoms with Gasteiger partial charge in [-0.2, -0.15) is 0 Å². The molecule has 2 N–H and O–H groups in total. The largest absolute Gasteiger partial charge is 0.490 e. The molecule has 1 saturated heterocycles. The van der Waals surface area contributed by atoms with Crippen LogP contribution in [-0.2, 0) is 11.2 Å². The minimum absolute atomic E-state index is 0.102. The number of hydrogen-bond donors (Lipinski definition) is 2. The molecule has 1 aromatic carbocycles. The molecule has 1 fully saturated rings. The average molecular weight is 335 g/mol. The number of benzene rings is 1. The molecule has 0 saturated carbocycles. The Balaban J connectivity index is 1.58. The lowest BCUT2D eigenvalue weighted by atomic mass is 10.1. The Morgan fingerprint density at radius 3 is 2.91 bits per heavy atom. The normalized spacial score (nSPS) is 15.3. The van der Waals surface area contributed by atoms with Gasteiger partial charge in [-0.15, -0.1) is 0 Å². The van der Waals surface area contributed by atoms with Crippen molar-refractivity contribution >= 4 is 23.2 Å². The van der Waals surface area contributed by atoms with Gasteiger partial charge >= 0.3 is 0 Å². The third kappa shape index (κ3) is 4.50. The number of ether oxygens (including phenoxy) is 1. The van der Waals surface area contributed by atoms with Crippen LogP contribution in [0.15, 0.2) is 41.0 Å². The van der Waals surface area contributed by atoms with Crippen LogP contribution in [0.5, 0.6) is 5.75 Å². The van der Waals surface area contributed by atoms with Crippen molar-refractivity contribution in [3.8, 4) is 5.75 Å². The predicted molar refractivity (Wildman–Crippen MR) is 89.0 cm³/mol. The summed E-state index contributed by atoms with van der Waals surface area (Å²) in [4.78, 5) is 12.1. The molecule has 2 aromatic rings. The van der Waals surface area contributed by atoms with Crippen molar-refractivity contribution in [2.75, 3.05) is 18.4 Å². The fourth-order valence-corrected chi connectivity index (χ4v) is 2.72. The second-order valence-electron chi connectivity index (χ2n) is 5.51. The molecular weight excluding hydrogens is 316 g/mol. The highest BCUT2D eigenvalue weighted by Gasteiger charge is 2.15. The van der Waals surface area contributed by atoms with Crippen molar-refractivity contribution in [2.45, 2.75) is 25.4 Å². The smallest absolute Gasteiger partial charge is 0.232 e. The van der Waals surface area contributed by atoms with Crippen LogP contribution in [0.3, 0.4) is 0 Å². The second-order valence-corrected chi connectivity index (χ2v) is 5.92. The van der Waals surface area contributed by atoms with Crippen LogP contribution >= 0.6 is 11.6 Å². The van der Waals surface area contributed by atoms with E-state index in [1.54, 1.807) is 6.07 Å². The van der Waals surface area contributed by atoms with E-state index in [9.17, 15) is 4.79 Å². The van der Waals surface area contributed by atoms with Gasteiger partial charge in [-0.05, 0) is 44.1 Å². The first-order valence-electron chi connectivity index (χ1n) is 7.70. The molecule has 3 rings (SSSR count). The molecule has 1 aliphatic heterocycles. The van der Waals surface area contributed by atoms with E-state index in [0.717, 1.165) is 31.7 Å². The van der Waals surface area contributed by atoms with Gasteiger partial charge in [0.25, 0.3) is 0 Å². The lowest BCUT2D eigenvalue weighted by Gasteiger charge is -2.24. The number of nitrogens with one attached hydrogen (secondary N) is 2. The first-order chi connectivity index (χ1) is 11.2. The minimum Gasteiger partial charge on any atom is -0.490 e. The Kier molecular flexibility index (Phi) is 5.20. The first-order valence-corrected chi connectivity index (χ1v) is 8.07. The summed E-state index contributed by atoms with van der Waals surface area (Å²) in [7, 11) is 0. The third-order valence-corrected chi connectivity index (χ3v) is 4.06. The zero-order valence-corrected chi connectivity index (χ0v) is 13.4. The summed E-state index contributed by atoms with van der Waals surface area (Å²) in [5, 5.41) is 6.60. The molecule has 0 unspecified atom stereocenters. The first kappa shape index (κ1) is 15.9. The number of rotatable bonds is 5. The SMILES string of the molecule is O=C(Cc1occc1Cl)Nc1cccc(OC2CCNCC2)c1. The van der Waals surface area contributed by atoms with E-state index in [0.29, 0.717) is 16.5 Å². The molecule has 6 heteroatoms. The van der Waals surface area contributed by atoms with E-state index in [-0.39, 0.29) is 18.4 Å². The lowest BCUT2D eigenvalue weighted by molar-refractivity contribution is -0.115. The number of anilines is 1. The molecule has 0 spiro atoms. The van der Waals surface area contributed by atoms with Crippen LogP contribution in [0.4, 0.5) is 5.69 Å². The summed E-state index contributed by atoms with van der Waals surface area (Å²) in [5.74, 6) is 1.05. The summed E-state index contributed by atoms with van der Waals surface area (Å²) in [6.07, 6.45) is 3.79. The van der Waals surface area contributed by atoms with Gasteiger partial charge < -0.3 is 19.8 Å². The van der Waals surface area contributed by atoms with Gasteiger partial charge in [0.2, 0.25) is 5.91 Å². The van der Waals surface area contributed by atoms with E-state index in [2.05, 4.69) is 10.6 Å². The molecule has 0 bridgehead atoms. The molecule has 23 heavy (non-hydrogen) atoms. The van der Waals surface area contributed by atoms with Gasteiger partial charge in [0.1, 0.15) is 17.6 Å². The Bertz CT molecular complexity index is 665. The molecule has 0 radical (unpaired) electrons. The van der Waals surface area contributed by atoms with Crippen LogP contribution in [0.25, 0.3) is 0 Å². The highest BCUT2D eigenvalue weighted by molar-refractivity contribution is 6.31. The Morgan fingerprint density at radius 1 is 1.35 bits per heavy atom. The zero-order chi connectivity index (χ0) is 16.1. The fourth-order valence-electron chi connectivity index (χ4n) is 2.56. The monoisotopic (exact) mass is 334 g/mol. The Labute approximate surface area is 140 Å². The number of amides is 1. The van der Waals surface area contributed by atoms with E-state index in [1.807, 2.05) is 24.3 Å². The van der Waals surface area contributed by atoms with E-state index >= 15 is 0 Å². The molecule has 1 amide bonds. The van der Waals surface area contributed by atoms with Gasteiger partial charge in [-0.3, -0.25) is 4.79 Å². The van der Waals surface area contributed by atoms with E-state index < -0.39 is 0 Å². The Morgan fingerprint density at radius 2 is 2.17 bits per heavy atom. The van der Waals surface area contributed by atoms with Crippen molar-refractivity contribution in [3.63, 3.8) is 0 Å². The number of furan rings is 1. The summed E-state index contributed by atoms with van der Waals surface area (Å²) in [6, 6.07) is 9.06. The van der Waals surface area contributed by atoms with Crippen molar-refractivity contribution in [3.05, 3.63) is 47.4 Å². The maximum absolute atomic E-state index is 12.1. The number of piperidine rings is 1. The van der Waals surface area contributed by atoms with Gasteiger partial charge in [0.15, 0.2) is 0 Å². The van der Waals surface area contributed by atoms with Crippen LogP contribution in [-0.4, -0.2) is 25.1 Å². The van der Waals surface area contributed by atoms with Crippen LogP contribution in [0.2, 0.25) is 5.02 Å². The van der Waals surface area contributed by atoms with Gasteiger partial charge in [0.05, 0.1) is 17.7 Å². The number of carbonyl (C=O) groups excluding carboxylic acids is 1. The predicted octanol–water partition coefficient (Wildman–Crippen LogP) is 3.25. The van der Waals surface area contributed by atoms with Crippen LogP contribution in [0, 0.1) is 0 Å². The van der Waals surface area contributed by atoms with E-state index in [1.165, 1.54) is 6.26 Å². The minimum atomic E-state index is -0.180. The molecular formula is C17H19ClN2O3. The molecule has 5 nitrogen and oxygen atoms in total. The molecule has 122 valence electrons. The molecule has 2 heterocycles. The quantitative estimate of drug-likeness (QED) is 0.881. The highest BCUT2D eigenvalue weighted by atomic mass is 35.5. The Hall–Kier alpha value is -1.98. The van der Waals surface area contributed by atoms with Gasteiger partial charge in [-0.1, -0.05) is 17.7 Å². The third-order valence-electron chi connectivity index (χ3n) is 3.72. The summed E-state index contributed by atoms with van der Waals surface area (Å²) in [6.45, 7) is 1.95. The molecule has 1 aliphatic rings. The molecule has 1 aromatic heterocycles. The standard InChI is InChI=1S/C17H19ClN2O3/c18-15-6-9-22-16(15)11-17(21)20-12-2-1-3-14(10-12)23-13-4-7-19-8-5-13/h1-3,6,9-10,13,19H,4-5,7-8,11H2,(H,20,21). The highest BCUT2D eigenvalue weighted by Crippen LogP contribution is 2.22. The summed E-state index contributed by atoms with van der Waals surface area (Å²) < 4.78 is 11.1. The van der Waals surface area contributed by atoms with E-state index in [4.69, 9.17) is 20.8 Å². The molecule has 0 aliphatic carbocycles. The fraction of sp³-hybridized carbons (Fsp3) is 0.353. The lowest BCUT2D eigenvalue weighted by Crippen LogP contribution is -2.34.